The van der Waals surface area contributed by atoms with Crippen molar-refractivity contribution in [3.63, 3.8) is 0 Å². The van der Waals surface area contributed by atoms with Gasteiger partial charge < -0.3 is 28.4 Å². The molecule has 0 heterocycles. The maximum atomic E-state index is 16.4. The Morgan fingerprint density at radius 1 is 0.244 bits per heavy atom. The van der Waals surface area contributed by atoms with Crippen LogP contribution in [-0.4, -0.2) is 47.8 Å². The van der Waals surface area contributed by atoms with Gasteiger partial charge in [0, 0.05) is 33.4 Å². The number of carbonyl (C=O) groups excluding carboxylic acids is 6. The Bertz CT molecular complexity index is 5440. The highest BCUT2D eigenvalue weighted by Crippen LogP contribution is 2.41. The molecule has 12 aromatic rings. The maximum absolute atomic E-state index is 16.4. The molecule has 0 fully saturated rings. The summed E-state index contributed by atoms with van der Waals surface area (Å²) >= 11 is 0. The van der Waals surface area contributed by atoms with Crippen molar-refractivity contribution in [3.8, 4) is 36.4 Å². The van der Waals surface area contributed by atoms with Crippen molar-refractivity contribution in [1.29, 1.82) is 31.6 Å². The van der Waals surface area contributed by atoms with Crippen LogP contribution < -0.4 is 0 Å². The van der Waals surface area contributed by atoms with Gasteiger partial charge in [-0.05, 0) is 86.3 Å². The van der Waals surface area contributed by atoms with Gasteiger partial charge in [0.2, 0.25) is 0 Å². The maximum Gasteiger partial charge on any atom is 0.424 e. The Hall–Kier alpha value is -17.2. The highest BCUT2D eigenvalue weighted by atomic mass is 16.9. The lowest BCUT2D eigenvalue weighted by Crippen LogP contribution is -2.48. The van der Waals surface area contributed by atoms with Crippen LogP contribution in [0.3, 0.4) is 0 Å². The van der Waals surface area contributed by atoms with Crippen molar-refractivity contribution in [1.82, 2.24) is 0 Å². The van der Waals surface area contributed by atoms with Crippen molar-refractivity contribution in [3.05, 3.63) is 452 Å². The molecule has 0 amide bonds. The van der Waals surface area contributed by atoms with Crippen LogP contribution in [0.5, 0.6) is 0 Å². The quantitative estimate of drug-likeness (QED) is 0.0145. The molecule has 119 heavy (non-hydrogen) atoms. The number of hydrogen-bond donors (Lipinski definition) is 0. The normalized spacial score (nSPS) is 10.9. The van der Waals surface area contributed by atoms with E-state index in [0.29, 0.717) is 11.1 Å². The zero-order valence-electron chi connectivity index (χ0n) is 63.3. The first-order valence-corrected chi connectivity index (χ1v) is 37.1. The Morgan fingerprint density at radius 2 is 0.429 bits per heavy atom. The molecule has 12 rings (SSSR count). The number of benzene rings is 12. The summed E-state index contributed by atoms with van der Waals surface area (Å²) < 4.78 is 39.5. The molecule has 0 spiro atoms. The van der Waals surface area contributed by atoms with E-state index in [9.17, 15) is 31.6 Å². The Labute approximate surface area is 686 Å². The molecular weight excluding hydrogens is 1490 g/mol. The van der Waals surface area contributed by atoms with Gasteiger partial charge in [-0.25, -0.2) is 28.8 Å². The number of nitrogens with zero attached hydrogens (tertiary/aromatic N) is 6. The van der Waals surface area contributed by atoms with Gasteiger partial charge in [-0.3, -0.25) is 0 Å². The molecule has 0 atom stereocenters. The molecule has 0 aliphatic rings. The Kier molecular flexibility index (Phi) is 26.9. The van der Waals surface area contributed by atoms with Crippen molar-refractivity contribution >= 4 is 81.4 Å². The van der Waals surface area contributed by atoms with Gasteiger partial charge in [0.15, 0.2) is 0 Å². The molecule has 0 aliphatic heterocycles. The molecule has 0 saturated heterocycles. The fourth-order valence-electron chi connectivity index (χ4n) is 13.1. The van der Waals surface area contributed by atoms with Crippen LogP contribution in [0.25, 0.3) is 45.6 Å². The first-order chi connectivity index (χ1) is 58.2. The number of rotatable bonds is 28. The van der Waals surface area contributed by atoms with Crippen molar-refractivity contribution in [2.45, 2.75) is 31.2 Å². The number of nitriles is 6. The molecule has 0 N–H and O–H groups in total. The zero-order valence-corrected chi connectivity index (χ0v) is 63.3. The van der Waals surface area contributed by atoms with Crippen LogP contribution >= 0.6 is 0 Å². The summed E-state index contributed by atoms with van der Waals surface area (Å²) in [5.74, 6) is -17.1. The van der Waals surface area contributed by atoms with E-state index in [1.54, 1.807) is 303 Å². The second-order valence-corrected chi connectivity index (χ2v) is 26.2. The van der Waals surface area contributed by atoms with Crippen LogP contribution in [0.4, 0.5) is 0 Å². The third kappa shape index (κ3) is 19.8. The van der Waals surface area contributed by atoms with E-state index < -0.39 is 100 Å². The van der Waals surface area contributed by atoms with Crippen LogP contribution in [0.2, 0.25) is 0 Å². The largest absolute Gasteiger partial charge is 0.424 e. The third-order valence-corrected chi connectivity index (χ3v) is 18.6. The smallest absolute Gasteiger partial charge is 0.384 e. The van der Waals surface area contributed by atoms with Gasteiger partial charge >= 0.3 is 47.8 Å². The average molecular weight is 1560 g/mol. The van der Waals surface area contributed by atoms with Crippen molar-refractivity contribution in [2.24, 2.45) is 0 Å². The Morgan fingerprint density at radius 3 is 0.630 bits per heavy atom. The van der Waals surface area contributed by atoms with E-state index in [2.05, 4.69) is 12.1 Å². The van der Waals surface area contributed by atoms with Crippen LogP contribution in [-0.2, 0) is 57.2 Å². The van der Waals surface area contributed by atoms with Crippen LogP contribution in [0.15, 0.2) is 374 Å². The lowest BCUT2D eigenvalue weighted by molar-refractivity contribution is -0.338. The Balaban J connectivity index is 1.16. The molecule has 572 valence electrons. The number of ether oxygens (including phenoxy) is 6. The first-order valence-electron chi connectivity index (χ1n) is 37.1. The summed E-state index contributed by atoms with van der Waals surface area (Å²) in [7, 11) is 0. The summed E-state index contributed by atoms with van der Waals surface area (Å²) in [5.41, 5.74) is -1.89. The van der Waals surface area contributed by atoms with Crippen molar-refractivity contribution in [2.75, 3.05) is 0 Å². The molecule has 0 radical (unpaired) electrons. The van der Waals surface area contributed by atoms with E-state index in [4.69, 9.17) is 28.4 Å². The molecule has 12 aromatic carbocycles. The SMILES string of the molecule is N#CC(C(=O)OC(CCCC(OC(=O)C(C#N)=C(c1ccccc1)c1ccccc1)(OC(=O)C(C#N)=C(c1ccccc1)c1ccccc1)OC(=O)/C(=C/c1ccccc1)c1ccccc1C#N)(OC(=O)C(C#N)=C(c1ccccc1)c1ccccc1)OC(=O)/C(=C/c1ccccc1)c1ccccc1C#N)=C(c1ccccc1)c1ccccc1. The summed E-state index contributed by atoms with van der Waals surface area (Å²) in [6, 6.07) is 106. The second kappa shape index (κ2) is 39.3. The third-order valence-electron chi connectivity index (χ3n) is 18.6. The number of carbonyl (C=O) groups is 6. The minimum atomic E-state index is -3.71. The van der Waals surface area contributed by atoms with Crippen LogP contribution in [0, 0.1) is 68.0 Å². The molecule has 0 saturated carbocycles. The summed E-state index contributed by atoms with van der Waals surface area (Å²) in [5, 5.41) is 68.1. The minimum Gasteiger partial charge on any atom is -0.384 e. The van der Waals surface area contributed by atoms with Gasteiger partial charge in [-0.15, -0.1) is 0 Å². The highest BCUT2D eigenvalue weighted by molar-refractivity contribution is 6.23. The van der Waals surface area contributed by atoms with Gasteiger partial charge in [0.1, 0.15) is 46.6 Å². The fraction of sp³-hybridized carbons (Fsp3) is 0.0495. The van der Waals surface area contributed by atoms with E-state index in [1.165, 1.54) is 60.7 Å². The van der Waals surface area contributed by atoms with Gasteiger partial charge in [0.25, 0.3) is 0 Å². The molecule has 0 aromatic heterocycles. The summed E-state index contributed by atoms with van der Waals surface area (Å²) in [6.07, 6.45) is -0.996. The minimum absolute atomic E-state index is 0.0635. The van der Waals surface area contributed by atoms with Gasteiger partial charge in [-0.2, -0.15) is 31.6 Å². The topological polar surface area (TPSA) is 301 Å². The van der Waals surface area contributed by atoms with E-state index in [0.717, 1.165) is 0 Å². The molecule has 0 unspecified atom stereocenters. The molecular formula is C101H66N6O12. The molecule has 0 aliphatic carbocycles. The fourth-order valence-corrected chi connectivity index (χ4v) is 13.1. The highest BCUT2D eigenvalue weighted by Gasteiger charge is 2.51. The average Bonchev–Trinajstić information content (AvgIpc) is 0.778. The first kappa shape index (κ1) is 81.3. The lowest BCUT2D eigenvalue weighted by Gasteiger charge is -2.34. The molecule has 0 bridgehead atoms. The van der Waals surface area contributed by atoms with Crippen molar-refractivity contribution < 1.29 is 57.2 Å². The van der Waals surface area contributed by atoms with Gasteiger partial charge in [0.05, 0.1) is 47.3 Å². The number of hydrogen-bond acceptors (Lipinski definition) is 18. The molecule has 18 nitrogen and oxygen atoms in total. The number of esters is 6. The zero-order chi connectivity index (χ0) is 83.4. The summed E-state index contributed by atoms with van der Waals surface area (Å²) in [4.78, 5) is 97.9. The monoisotopic (exact) mass is 1550 g/mol. The predicted molar refractivity (Wildman–Crippen MR) is 445 cm³/mol. The standard InChI is InChI=1S/C101H66N6O12/c102-64-80-56-31-33-58-82(80)84(62-70-36-11-1-12-37-70)94(108)114-100(116-96(110)86(66-104)90(72-40-15-3-16-41-72)73-42-17-4-18-43-73,117-97(111)87(67-105)91(74-44-19-5-20-45-74)75-46-21-6-22-47-75)60-35-61-101(115-95(109)85(63-71-38-13-2-14-39-71)83-59-34-32-57-81(83)65-103,118-98(112)88(68-106)92(76-48-23-7-24-49-76)77-50-25-8-26-51-77)119-99(113)89(69-107)93(78-52-27-9-28-53-78)79-54-29-10-30-55-79/h1-34,36-59,62-63H,35,60-61H2/b84-62+,85-63+. The summed E-state index contributed by atoms with van der Waals surface area (Å²) in [6.45, 7) is 0. The molecule has 18 heteroatoms. The predicted octanol–water partition coefficient (Wildman–Crippen LogP) is 19.1. The van der Waals surface area contributed by atoms with E-state index in [1.807, 2.05) is 24.3 Å². The van der Waals surface area contributed by atoms with E-state index >= 15 is 28.8 Å². The van der Waals surface area contributed by atoms with Gasteiger partial charge in [-0.1, -0.05) is 340 Å². The second-order valence-electron chi connectivity index (χ2n) is 26.2. The lowest BCUT2D eigenvalue weighted by atomic mass is 9.93. The van der Waals surface area contributed by atoms with E-state index in [-0.39, 0.29) is 89.1 Å². The van der Waals surface area contributed by atoms with Crippen LogP contribution in [0.1, 0.15) is 97.2 Å².